The lowest BCUT2D eigenvalue weighted by Crippen LogP contribution is -2.36. The van der Waals surface area contributed by atoms with Crippen LogP contribution in [0.2, 0.25) is 0 Å². The molecule has 6 nitrogen and oxygen atoms in total. The highest BCUT2D eigenvalue weighted by Crippen LogP contribution is 2.14. The number of carbonyl (C=O) groups is 1. The number of anilines is 1. The van der Waals surface area contributed by atoms with Gasteiger partial charge < -0.3 is 20.4 Å². The summed E-state index contributed by atoms with van der Waals surface area (Å²) < 4.78 is 18.5. The second-order valence-corrected chi connectivity index (χ2v) is 6.76. The average molecular weight is 408 g/mol. The number of nitrogens with zero attached hydrogens (tertiary/aromatic N) is 1. The number of nitrogens with one attached hydrogen (secondary N) is 3. The van der Waals surface area contributed by atoms with Gasteiger partial charge in [0.1, 0.15) is 5.82 Å². The zero-order valence-corrected chi connectivity index (χ0v) is 17.0. The van der Waals surface area contributed by atoms with Gasteiger partial charge in [0.25, 0.3) is 5.91 Å². The summed E-state index contributed by atoms with van der Waals surface area (Å²) in [5.41, 5.74) is 3.21. The number of furan rings is 1. The lowest BCUT2D eigenvalue weighted by Gasteiger charge is -2.12. The highest BCUT2D eigenvalue weighted by atomic mass is 19.1. The van der Waals surface area contributed by atoms with Gasteiger partial charge in [-0.05, 0) is 60.9 Å². The summed E-state index contributed by atoms with van der Waals surface area (Å²) in [5.74, 6) is 0.404. The maximum atomic E-state index is 13.4. The number of rotatable bonds is 7. The summed E-state index contributed by atoms with van der Waals surface area (Å²) in [4.78, 5) is 16.7. The van der Waals surface area contributed by atoms with Gasteiger partial charge in [0.15, 0.2) is 11.7 Å². The standard InChI is InChI=1S/C23H25FN4O2/c1-3-25-23(27-15-18-9-10-20(24)16(2)12-18)26-14-17-6-4-7-19(13-17)28-22(29)21-8-5-11-30-21/h4-13H,3,14-15H2,1-2H3,(H,28,29)(H2,25,26,27). The highest BCUT2D eigenvalue weighted by molar-refractivity contribution is 6.02. The highest BCUT2D eigenvalue weighted by Gasteiger charge is 2.09. The van der Waals surface area contributed by atoms with Crippen molar-refractivity contribution in [2.75, 3.05) is 11.9 Å². The predicted molar refractivity (Wildman–Crippen MR) is 116 cm³/mol. The second kappa shape index (κ2) is 10.2. The third-order valence-corrected chi connectivity index (χ3v) is 4.38. The monoisotopic (exact) mass is 408 g/mol. The molecule has 2 aromatic carbocycles. The van der Waals surface area contributed by atoms with E-state index in [9.17, 15) is 9.18 Å². The molecule has 1 heterocycles. The minimum absolute atomic E-state index is 0.210. The Balaban J connectivity index is 1.62. The molecule has 0 fully saturated rings. The number of aryl methyl sites for hydroxylation is 1. The van der Waals surface area contributed by atoms with Crippen LogP contribution in [-0.4, -0.2) is 18.4 Å². The maximum absolute atomic E-state index is 13.4. The number of halogens is 1. The summed E-state index contributed by atoms with van der Waals surface area (Å²) in [5, 5.41) is 9.26. The first-order valence-corrected chi connectivity index (χ1v) is 9.76. The summed E-state index contributed by atoms with van der Waals surface area (Å²) >= 11 is 0. The molecule has 156 valence electrons. The summed E-state index contributed by atoms with van der Waals surface area (Å²) in [7, 11) is 0. The molecule has 0 saturated heterocycles. The van der Waals surface area contributed by atoms with E-state index in [0.29, 0.717) is 36.8 Å². The van der Waals surface area contributed by atoms with Crippen LogP contribution in [-0.2, 0) is 13.1 Å². The molecule has 7 heteroatoms. The number of hydrogen-bond acceptors (Lipinski definition) is 3. The molecule has 3 aromatic rings. The van der Waals surface area contributed by atoms with Crippen LogP contribution in [0.4, 0.5) is 10.1 Å². The molecule has 0 aliphatic carbocycles. The molecule has 3 rings (SSSR count). The van der Waals surface area contributed by atoms with Crippen LogP contribution in [0.15, 0.2) is 70.3 Å². The van der Waals surface area contributed by atoms with Crippen LogP contribution in [0.1, 0.15) is 34.2 Å². The van der Waals surface area contributed by atoms with Gasteiger partial charge in [0, 0.05) is 18.8 Å². The van der Waals surface area contributed by atoms with Gasteiger partial charge in [-0.15, -0.1) is 0 Å². The molecular formula is C23H25FN4O2. The molecule has 3 N–H and O–H groups in total. The quantitative estimate of drug-likeness (QED) is 0.404. The minimum Gasteiger partial charge on any atom is -0.459 e. The van der Waals surface area contributed by atoms with Gasteiger partial charge in [-0.1, -0.05) is 24.3 Å². The molecule has 30 heavy (non-hydrogen) atoms. The van der Waals surface area contributed by atoms with Crippen LogP contribution in [0.3, 0.4) is 0 Å². The first kappa shape index (κ1) is 21.1. The molecule has 0 radical (unpaired) electrons. The van der Waals surface area contributed by atoms with Gasteiger partial charge in [-0.3, -0.25) is 4.79 Å². The Labute approximate surface area is 175 Å². The van der Waals surface area contributed by atoms with E-state index in [1.165, 1.54) is 12.3 Å². The zero-order chi connectivity index (χ0) is 21.3. The molecule has 0 spiro atoms. The van der Waals surface area contributed by atoms with Crippen molar-refractivity contribution < 1.29 is 13.6 Å². The van der Waals surface area contributed by atoms with Crippen LogP contribution in [0, 0.1) is 12.7 Å². The Hall–Kier alpha value is -3.61. The number of amides is 1. The maximum Gasteiger partial charge on any atom is 0.291 e. The van der Waals surface area contributed by atoms with Crippen molar-refractivity contribution in [3.8, 4) is 0 Å². The molecule has 0 saturated carbocycles. The van der Waals surface area contributed by atoms with Crippen LogP contribution < -0.4 is 16.0 Å². The van der Waals surface area contributed by atoms with E-state index in [0.717, 1.165) is 11.1 Å². The van der Waals surface area contributed by atoms with Crippen molar-refractivity contribution in [1.82, 2.24) is 10.6 Å². The lowest BCUT2D eigenvalue weighted by molar-refractivity contribution is 0.0996. The fourth-order valence-corrected chi connectivity index (χ4v) is 2.86. The van der Waals surface area contributed by atoms with Crippen LogP contribution in [0.25, 0.3) is 0 Å². The number of carbonyl (C=O) groups excluding carboxylic acids is 1. The van der Waals surface area contributed by atoms with Crippen molar-refractivity contribution in [1.29, 1.82) is 0 Å². The van der Waals surface area contributed by atoms with E-state index in [1.807, 2.05) is 37.3 Å². The van der Waals surface area contributed by atoms with Crippen LogP contribution in [0.5, 0.6) is 0 Å². The third kappa shape index (κ3) is 5.94. The topological polar surface area (TPSA) is 78.7 Å². The van der Waals surface area contributed by atoms with Crippen molar-refractivity contribution in [2.45, 2.75) is 26.9 Å². The number of benzene rings is 2. The third-order valence-electron chi connectivity index (χ3n) is 4.38. The second-order valence-electron chi connectivity index (χ2n) is 6.76. The van der Waals surface area contributed by atoms with E-state index in [1.54, 1.807) is 25.1 Å². The Kier molecular flexibility index (Phi) is 7.21. The molecule has 0 aliphatic heterocycles. The fraction of sp³-hybridized carbons (Fsp3) is 0.217. The Morgan fingerprint density at radius 2 is 1.93 bits per heavy atom. The molecule has 1 aromatic heterocycles. The summed E-state index contributed by atoms with van der Waals surface area (Å²) in [6.07, 6.45) is 1.46. The van der Waals surface area contributed by atoms with Crippen molar-refractivity contribution in [3.63, 3.8) is 0 Å². The van der Waals surface area contributed by atoms with E-state index >= 15 is 0 Å². The van der Waals surface area contributed by atoms with E-state index in [2.05, 4.69) is 20.9 Å². The Morgan fingerprint density at radius 3 is 2.67 bits per heavy atom. The van der Waals surface area contributed by atoms with Gasteiger partial charge in [-0.2, -0.15) is 0 Å². The van der Waals surface area contributed by atoms with E-state index < -0.39 is 0 Å². The van der Waals surface area contributed by atoms with Crippen molar-refractivity contribution in [2.24, 2.45) is 4.99 Å². The zero-order valence-electron chi connectivity index (χ0n) is 17.0. The molecule has 0 bridgehead atoms. The largest absolute Gasteiger partial charge is 0.459 e. The van der Waals surface area contributed by atoms with Crippen LogP contribution >= 0.6 is 0 Å². The number of aliphatic imine (C=N–C) groups is 1. The molecule has 0 unspecified atom stereocenters. The number of guanidine groups is 1. The average Bonchev–Trinajstić information content (AvgIpc) is 3.28. The Morgan fingerprint density at radius 1 is 1.07 bits per heavy atom. The minimum atomic E-state index is -0.301. The SMILES string of the molecule is CCNC(=NCc1cccc(NC(=O)c2ccco2)c1)NCc1ccc(F)c(C)c1. The van der Waals surface area contributed by atoms with Crippen molar-refractivity contribution in [3.05, 3.63) is 89.1 Å². The number of hydrogen-bond donors (Lipinski definition) is 3. The summed E-state index contributed by atoms with van der Waals surface area (Å²) in [6, 6.07) is 15.8. The normalized spacial score (nSPS) is 11.2. The first-order chi connectivity index (χ1) is 14.5. The first-order valence-electron chi connectivity index (χ1n) is 9.76. The molecular weight excluding hydrogens is 383 g/mol. The molecule has 0 aliphatic rings. The van der Waals surface area contributed by atoms with Gasteiger partial charge in [0.05, 0.1) is 12.8 Å². The fourth-order valence-electron chi connectivity index (χ4n) is 2.86. The smallest absolute Gasteiger partial charge is 0.291 e. The Bertz CT molecular complexity index is 1020. The van der Waals surface area contributed by atoms with Gasteiger partial charge in [-0.25, -0.2) is 9.38 Å². The lowest BCUT2D eigenvalue weighted by atomic mass is 10.1. The molecule has 0 atom stereocenters. The predicted octanol–water partition coefficient (Wildman–Crippen LogP) is 4.23. The van der Waals surface area contributed by atoms with E-state index in [-0.39, 0.29) is 17.5 Å². The van der Waals surface area contributed by atoms with Gasteiger partial charge in [0.2, 0.25) is 0 Å². The summed E-state index contributed by atoms with van der Waals surface area (Å²) in [6.45, 7) is 5.42. The van der Waals surface area contributed by atoms with Gasteiger partial charge >= 0.3 is 0 Å². The van der Waals surface area contributed by atoms with E-state index in [4.69, 9.17) is 4.42 Å². The van der Waals surface area contributed by atoms with Crippen molar-refractivity contribution >= 4 is 17.6 Å². The molecule has 1 amide bonds.